The Morgan fingerprint density at radius 3 is 2.47 bits per heavy atom. The van der Waals surface area contributed by atoms with E-state index in [1.807, 2.05) is 36.6 Å². The van der Waals surface area contributed by atoms with Gasteiger partial charge in [0.2, 0.25) is 0 Å². The molecule has 3 aromatic rings. The normalized spacial score (nSPS) is 24.6. The number of nitrogens with zero attached hydrogens (tertiary/aromatic N) is 4. The van der Waals surface area contributed by atoms with Crippen LogP contribution >= 0.6 is 22.6 Å². The Morgan fingerprint density at radius 2 is 1.79 bits per heavy atom. The third-order valence-electron chi connectivity index (χ3n) is 7.57. The fourth-order valence-corrected chi connectivity index (χ4v) is 8.66. The van der Waals surface area contributed by atoms with E-state index in [0.29, 0.717) is 33.0 Å². The summed E-state index contributed by atoms with van der Waals surface area (Å²) in [5, 5.41) is 2.88. The maximum atomic E-state index is 12.8. The number of hydrogen-bond donors (Lipinski definition) is 1. The average molecular weight is 652 g/mol. The van der Waals surface area contributed by atoms with E-state index in [1.54, 1.807) is 12.1 Å². The van der Waals surface area contributed by atoms with Gasteiger partial charge in [-0.3, -0.25) is 9.36 Å². The van der Waals surface area contributed by atoms with Gasteiger partial charge in [0, 0.05) is 28.2 Å². The molecule has 4 atom stereocenters. The number of hydrogen-bond acceptors (Lipinski definition) is 8. The number of rotatable bonds is 9. The summed E-state index contributed by atoms with van der Waals surface area (Å²) >= 11 is 2.16. The molecule has 0 unspecified atom stereocenters. The lowest BCUT2D eigenvalue weighted by atomic mass is 10.1. The van der Waals surface area contributed by atoms with Crippen LogP contribution in [-0.4, -0.2) is 64.4 Å². The summed E-state index contributed by atoms with van der Waals surface area (Å²) in [7, 11) is -1.82. The highest BCUT2D eigenvalue weighted by molar-refractivity contribution is 14.1. The number of benzene rings is 1. The Hall–Kier alpha value is -1.97. The van der Waals surface area contributed by atoms with Crippen molar-refractivity contribution in [1.29, 1.82) is 0 Å². The first-order valence-electron chi connectivity index (χ1n) is 13.1. The monoisotopic (exact) mass is 651 g/mol. The van der Waals surface area contributed by atoms with Crippen LogP contribution < -0.4 is 5.32 Å². The van der Waals surface area contributed by atoms with E-state index in [2.05, 4.69) is 58.6 Å². The summed E-state index contributed by atoms with van der Waals surface area (Å²) in [5.41, 5.74) is 1.56. The van der Waals surface area contributed by atoms with Crippen LogP contribution in [0.25, 0.3) is 11.2 Å². The Kier molecular flexibility index (Phi) is 7.91. The molecule has 1 amide bonds. The minimum absolute atomic E-state index is 0.269. The SMILES string of the molecule is CC[Si](CC)(CC)OC[C@H]1O[C@@H](n2c(I)nc3c(NC(=O)c4ccccc4)ncnc32)[C@@H]2OC(C)(C)O[C@@H]21. The van der Waals surface area contributed by atoms with Gasteiger partial charge in [-0.05, 0) is 44.1 Å². The molecule has 2 fully saturated rings. The van der Waals surface area contributed by atoms with E-state index in [0.717, 1.165) is 18.1 Å². The minimum atomic E-state index is -1.82. The smallest absolute Gasteiger partial charge is 0.256 e. The number of imidazole rings is 1. The van der Waals surface area contributed by atoms with Crippen molar-refractivity contribution in [3.63, 3.8) is 0 Å². The maximum Gasteiger partial charge on any atom is 0.256 e. The van der Waals surface area contributed by atoms with E-state index >= 15 is 0 Å². The van der Waals surface area contributed by atoms with Crippen molar-refractivity contribution in [3.05, 3.63) is 46.1 Å². The maximum absolute atomic E-state index is 12.8. The molecule has 0 bridgehead atoms. The van der Waals surface area contributed by atoms with Crippen LogP contribution in [0.1, 0.15) is 51.2 Å². The van der Waals surface area contributed by atoms with Crippen LogP contribution in [0.4, 0.5) is 5.82 Å². The summed E-state index contributed by atoms with van der Waals surface area (Å²) in [5.74, 6) is -0.687. The molecule has 1 N–H and O–H groups in total. The Bertz CT molecular complexity index is 1290. The minimum Gasteiger partial charge on any atom is -0.414 e. The lowest BCUT2D eigenvalue weighted by molar-refractivity contribution is -0.199. The van der Waals surface area contributed by atoms with Gasteiger partial charge in [-0.15, -0.1) is 0 Å². The molecule has 0 saturated carbocycles. The van der Waals surface area contributed by atoms with Gasteiger partial charge in [-0.25, -0.2) is 15.0 Å². The third kappa shape index (κ3) is 5.13. The van der Waals surface area contributed by atoms with Crippen molar-refractivity contribution in [2.45, 2.75) is 83.1 Å². The number of aromatic nitrogens is 4. The van der Waals surface area contributed by atoms with Crippen LogP contribution in [0, 0.1) is 3.83 Å². The fraction of sp³-hybridized carbons (Fsp3) is 0.538. The van der Waals surface area contributed by atoms with Crippen molar-refractivity contribution < 1.29 is 23.4 Å². The van der Waals surface area contributed by atoms with Crippen molar-refractivity contribution in [1.82, 2.24) is 19.5 Å². The van der Waals surface area contributed by atoms with Gasteiger partial charge < -0.3 is 24.0 Å². The predicted octanol–water partition coefficient (Wildman–Crippen LogP) is 5.12. The summed E-state index contributed by atoms with van der Waals surface area (Å²) in [4.78, 5) is 26.4. The number of halogens is 1. The van der Waals surface area contributed by atoms with Crippen LogP contribution in [0.5, 0.6) is 0 Å². The second-order valence-corrected chi connectivity index (χ2v) is 15.9. The molecular formula is C26H34IN5O5Si. The summed E-state index contributed by atoms with van der Waals surface area (Å²) < 4.78 is 28.4. The van der Waals surface area contributed by atoms with Crippen molar-refractivity contribution in [2.75, 3.05) is 11.9 Å². The third-order valence-corrected chi connectivity index (χ3v) is 13.0. The van der Waals surface area contributed by atoms with Crippen LogP contribution in [0.15, 0.2) is 36.7 Å². The molecule has 4 heterocycles. The molecule has 0 radical (unpaired) electrons. The number of ether oxygens (including phenoxy) is 3. The summed E-state index contributed by atoms with van der Waals surface area (Å²) in [6.07, 6.45) is -0.0667. The van der Waals surface area contributed by atoms with Crippen molar-refractivity contribution in [3.8, 4) is 0 Å². The number of amides is 1. The highest BCUT2D eigenvalue weighted by atomic mass is 127. The molecular weight excluding hydrogens is 617 g/mol. The standard InChI is InChI=1S/C26H34IN5O5Si/c1-6-38(7-2,8-3)34-14-17-19-20(37-26(4,5)36-19)24(35-17)32-22-18(30-25(32)27)21(28-15-29-22)31-23(33)16-12-10-9-11-13-16/h9-13,15,17,19-20,24H,6-8,14H2,1-5H3,(H,28,29,31,33)/t17-,19-,20-,24-/m1/s1. The first-order chi connectivity index (χ1) is 18.2. The molecule has 12 heteroatoms. The van der Waals surface area contributed by atoms with Crippen LogP contribution in [0.3, 0.4) is 0 Å². The van der Waals surface area contributed by atoms with Crippen molar-refractivity contribution in [2.24, 2.45) is 0 Å². The molecule has 204 valence electrons. The molecule has 2 aliphatic heterocycles. The number of nitrogens with one attached hydrogen (secondary N) is 1. The molecule has 0 aliphatic carbocycles. The number of fused-ring (bicyclic) bond motifs is 2. The molecule has 1 aromatic carbocycles. The van der Waals surface area contributed by atoms with Crippen LogP contribution in [0.2, 0.25) is 18.1 Å². The fourth-order valence-electron chi connectivity index (χ4n) is 5.28. The Labute approximate surface area is 237 Å². The largest absolute Gasteiger partial charge is 0.414 e. The van der Waals surface area contributed by atoms with Gasteiger partial charge in [0.1, 0.15) is 24.6 Å². The number of carbonyl (C=O) groups excluding carboxylic acids is 1. The Balaban J connectivity index is 1.45. The second-order valence-electron chi connectivity index (χ2n) is 10.2. The zero-order valence-corrected chi connectivity index (χ0v) is 25.5. The van der Waals surface area contributed by atoms with Gasteiger partial charge in [0.25, 0.3) is 5.91 Å². The van der Waals surface area contributed by atoms with Gasteiger partial charge in [0.05, 0.1) is 6.61 Å². The van der Waals surface area contributed by atoms with E-state index < -0.39 is 20.3 Å². The average Bonchev–Trinajstić information content (AvgIpc) is 3.53. The first-order valence-corrected chi connectivity index (χ1v) is 16.7. The van der Waals surface area contributed by atoms with E-state index in [9.17, 15) is 4.79 Å². The highest BCUT2D eigenvalue weighted by Gasteiger charge is 2.57. The van der Waals surface area contributed by atoms with Crippen molar-refractivity contribution >= 4 is 53.8 Å². The molecule has 0 spiro atoms. The number of carbonyl (C=O) groups is 1. The van der Waals surface area contributed by atoms with Gasteiger partial charge in [-0.2, -0.15) is 0 Å². The quantitative estimate of drug-likeness (QED) is 0.193. The molecule has 2 aliphatic rings. The zero-order valence-electron chi connectivity index (χ0n) is 22.3. The predicted molar refractivity (Wildman–Crippen MR) is 153 cm³/mol. The number of anilines is 1. The zero-order chi connectivity index (χ0) is 27.1. The Morgan fingerprint density at radius 1 is 1.11 bits per heavy atom. The van der Waals surface area contributed by atoms with Gasteiger partial charge in [-0.1, -0.05) is 39.0 Å². The van der Waals surface area contributed by atoms with Crippen LogP contribution in [-0.2, 0) is 18.6 Å². The topological polar surface area (TPSA) is 110 Å². The lowest BCUT2D eigenvalue weighted by Gasteiger charge is -2.31. The molecule has 10 nitrogen and oxygen atoms in total. The van der Waals surface area contributed by atoms with Gasteiger partial charge >= 0.3 is 0 Å². The van der Waals surface area contributed by atoms with E-state index in [1.165, 1.54) is 6.33 Å². The molecule has 2 aromatic heterocycles. The summed E-state index contributed by atoms with van der Waals surface area (Å²) in [6.45, 7) is 10.9. The second kappa shape index (κ2) is 10.9. The van der Waals surface area contributed by atoms with E-state index in [4.69, 9.17) is 23.6 Å². The van der Waals surface area contributed by atoms with Gasteiger partial charge in [0.15, 0.2) is 41.1 Å². The van der Waals surface area contributed by atoms with E-state index in [-0.39, 0.29) is 24.2 Å². The molecule has 38 heavy (non-hydrogen) atoms. The molecule has 2 saturated heterocycles. The molecule has 5 rings (SSSR count). The highest BCUT2D eigenvalue weighted by Crippen LogP contribution is 2.45. The first kappa shape index (κ1) is 27.6. The lowest BCUT2D eigenvalue weighted by Crippen LogP contribution is -2.41. The summed E-state index contributed by atoms with van der Waals surface area (Å²) in [6, 6.07) is 12.2.